The normalized spacial score (nSPS) is 12.0. The molecule has 2 N–H and O–H groups in total. The lowest BCUT2D eigenvalue weighted by Crippen LogP contribution is -3.08. The third-order valence-corrected chi connectivity index (χ3v) is 3.19. The molecule has 0 aliphatic heterocycles. The molecule has 0 aliphatic carbocycles. The first-order chi connectivity index (χ1) is 10.1. The van der Waals surface area contributed by atoms with Crippen LogP contribution in [0.2, 0.25) is 5.02 Å². The summed E-state index contributed by atoms with van der Waals surface area (Å²) in [5.74, 6) is 1.32. The van der Waals surface area contributed by atoms with Crippen molar-refractivity contribution in [1.29, 1.82) is 0 Å². The number of anilines is 1. The van der Waals surface area contributed by atoms with Crippen molar-refractivity contribution in [3.05, 3.63) is 47.4 Å². The first-order valence-electron chi connectivity index (χ1n) is 6.55. The first-order valence-corrected chi connectivity index (χ1v) is 6.93. The third kappa shape index (κ3) is 4.51. The Morgan fingerprint density at radius 2 is 2.24 bits per heavy atom. The van der Waals surface area contributed by atoms with Gasteiger partial charge in [0.05, 0.1) is 26.1 Å². The highest BCUT2D eigenvalue weighted by molar-refractivity contribution is 6.31. The second-order valence-corrected chi connectivity index (χ2v) is 5.22. The summed E-state index contributed by atoms with van der Waals surface area (Å²) in [5, 5.41) is 3.36. The van der Waals surface area contributed by atoms with Crippen molar-refractivity contribution < 1.29 is 18.8 Å². The molecule has 1 aromatic heterocycles. The van der Waals surface area contributed by atoms with E-state index in [1.807, 2.05) is 19.2 Å². The third-order valence-electron chi connectivity index (χ3n) is 2.95. The molecular weight excluding hydrogens is 292 g/mol. The number of hydrogen-bond donors (Lipinski definition) is 2. The number of likely N-dealkylation sites (N-methyl/N-ethyl adjacent to an activating group) is 1. The Morgan fingerprint density at radius 1 is 1.43 bits per heavy atom. The highest BCUT2D eigenvalue weighted by Gasteiger charge is 2.14. The number of benzene rings is 1. The molecule has 1 aromatic carbocycles. The van der Waals surface area contributed by atoms with Crippen molar-refractivity contribution in [2.24, 2.45) is 0 Å². The van der Waals surface area contributed by atoms with Gasteiger partial charge < -0.3 is 19.4 Å². The summed E-state index contributed by atoms with van der Waals surface area (Å²) in [6, 6.07) is 8.82. The maximum absolute atomic E-state index is 12.1. The minimum absolute atomic E-state index is 0.111. The number of rotatable bonds is 6. The average molecular weight is 310 g/mol. The van der Waals surface area contributed by atoms with E-state index >= 15 is 0 Å². The van der Waals surface area contributed by atoms with Gasteiger partial charge in [-0.15, -0.1) is 0 Å². The predicted molar refractivity (Wildman–Crippen MR) is 80.8 cm³/mol. The van der Waals surface area contributed by atoms with Crippen LogP contribution >= 0.6 is 11.6 Å². The second-order valence-electron chi connectivity index (χ2n) is 4.78. The van der Waals surface area contributed by atoms with Crippen molar-refractivity contribution in [2.75, 3.05) is 26.0 Å². The number of nitrogens with one attached hydrogen (secondary N) is 2. The Morgan fingerprint density at radius 3 is 2.90 bits per heavy atom. The molecule has 21 heavy (non-hydrogen) atoms. The van der Waals surface area contributed by atoms with Crippen LogP contribution in [0, 0.1) is 0 Å². The van der Waals surface area contributed by atoms with Crippen molar-refractivity contribution in [3.63, 3.8) is 0 Å². The molecule has 0 radical (unpaired) electrons. The number of hydrogen-bond acceptors (Lipinski definition) is 3. The van der Waals surface area contributed by atoms with Crippen LogP contribution in [-0.4, -0.2) is 26.6 Å². The number of carbonyl (C=O) groups excluding carboxylic acids is 1. The molecule has 5 nitrogen and oxygen atoms in total. The zero-order chi connectivity index (χ0) is 15.2. The van der Waals surface area contributed by atoms with Crippen LogP contribution in [0.4, 0.5) is 5.69 Å². The van der Waals surface area contributed by atoms with E-state index in [4.69, 9.17) is 20.8 Å². The molecule has 1 heterocycles. The molecular formula is C15H18ClN2O3+. The molecule has 0 aliphatic rings. The van der Waals surface area contributed by atoms with Gasteiger partial charge in [0.2, 0.25) is 0 Å². The molecule has 0 spiro atoms. The largest absolute Gasteiger partial charge is 0.495 e. The Bertz CT molecular complexity index is 599. The van der Waals surface area contributed by atoms with E-state index in [2.05, 4.69) is 5.32 Å². The summed E-state index contributed by atoms with van der Waals surface area (Å²) in [7, 11) is 3.48. The van der Waals surface area contributed by atoms with Crippen LogP contribution in [0.5, 0.6) is 5.75 Å². The molecule has 1 atom stereocenters. The monoisotopic (exact) mass is 309 g/mol. The van der Waals surface area contributed by atoms with Gasteiger partial charge in [-0.05, 0) is 30.3 Å². The van der Waals surface area contributed by atoms with E-state index in [1.165, 1.54) is 0 Å². The second kappa shape index (κ2) is 7.15. The van der Waals surface area contributed by atoms with E-state index < -0.39 is 0 Å². The maximum Gasteiger partial charge on any atom is 0.279 e. The van der Waals surface area contributed by atoms with E-state index in [0.29, 0.717) is 29.5 Å². The molecule has 2 aromatic rings. The SMILES string of the molecule is COc1ccc(Cl)cc1NC(=O)C[NH+](C)Cc1ccco1. The molecule has 0 bridgehead atoms. The van der Waals surface area contributed by atoms with Crippen LogP contribution in [-0.2, 0) is 11.3 Å². The lowest BCUT2D eigenvalue weighted by atomic mass is 10.3. The Labute approximate surface area is 128 Å². The number of amides is 1. The number of furan rings is 1. The van der Waals surface area contributed by atoms with Crippen molar-refractivity contribution in [2.45, 2.75) is 6.54 Å². The first kappa shape index (κ1) is 15.4. The minimum Gasteiger partial charge on any atom is -0.495 e. The van der Waals surface area contributed by atoms with Crippen LogP contribution < -0.4 is 15.0 Å². The summed E-state index contributed by atoms with van der Waals surface area (Å²) in [4.78, 5) is 13.1. The van der Waals surface area contributed by atoms with E-state index in [9.17, 15) is 4.79 Å². The van der Waals surface area contributed by atoms with Gasteiger partial charge in [-0.2, -0.15) is 0 Å². The van der Waals surface area contributed by atoms with Gasteiger partial charge in [0.1, 0.15) is 12.3 Å². The molecule has 1 unspecified atom stereocenters. The fourth-order valence-electron chi connectivity index (χ4n) is 2.02. The molecule has 0 saturated heterocycles. The lowest BCUT2D eigenvalue weighted by molar-refractivity contribution is -0.886. The molecule has 2 rings (SSSR count). The highest BCUT2D eigenvalue weighted by Crippen LogP contribution is 2.27. The number of carbonyl (C=O) groups is 1. The summed E-state index contributed by atoms with van der Waals surface area (Å²) >= 11 is 5.93. The smallest absolute Gasteiger partial charge is 0.279 e. The van der Waals surface area contributed by atoms with Crippen LogP contribution in [0.25, 0.3) is 0 Å². The highest BCUT2D eigenvalue weighted by atomic mass is 35.5. The van der Waals surface area contributed by atoms with Crippen LogP contribution in [0.1, 0.15) is 5.76 Å². The van der Waals surface area contributed by atoms with Crippen molar-refractivity contribution in [1.82, 2.24) is 0 Å². The van der Waals surface area contributed by atoms with Gasteiger partial charge >= 0.3 is 0 Å². The standard InChI is InChI=1S/C15H17ClN2O3/c1-18(9-12-4-3-7-21-12)10-15(19)17-13-8-11(16)5-6-14(13)20-2/h3-8H,9-10H2,1-2H3,(H,17,19)/p+1. The zero-order valence-electron chi connectivity index (χ0n) is 12.0. The van der Waals surface area contributed by atoms with Gasteiger partial charge in [-0.3, -0.25) is 4.79 Å². The molecule has 112 valence electrons. The van der Waals surface area contributed by atoms with E-state index in [-0.39, 0.29) is 5.91 Å². The number of methoxy groups -OCH3 is 1. The molecule has 0 saturated carbocycles. The van der Waals surface area contributed by atoms with Gasteiger partial charge in [0, 0.05) is 5.02 Å². The predicted octanol–water partition coefficient (Wildman–Crippen LogP) is 1.59. The molecule has 1 amide bonds. The minimum atomic E-state index is -0.111. The van der Waals surface area contributed by atoms with Crippen LogP contribution in [0.15, 0.2) is 41.0 Å². The topological polar surface area (TPSA) is 55.9 Å². The fourth-order valence-corrected chi connectivity index (χ4v) is 2.19. The van der Waals surface area contributed by atoms with Crippen molar-refractivity contribution in [3.8, 4) is 5.75 Å². The average Bonchev–Trinajstić information content (AvgIpc) is 2.91. The van der Waals surface area contributed by atoms with E-state index in [1.54, 1.807) is 31.6 Å². The number of quaternary nitrogens is 1. The van der Waals surface area contributed by atoms with Gasteiger partial charge in [0.25, 0.3) is 5.91 Å². The quantitative estimate of drug-likeness (QED) is 0.852. The van der Waals surface area contributed by atoms with E-state index in [0.717, 1.165) is 10.7 Å². The van der Waals surface area contributed by atoms with Gasteiger partial charge in [-0.1, -0.05) is 11.6 Å². The fraction of sp³-hybridized carbons (Fsp3) is 0.267. The van der Waals surface area contributed by atoms with Gasteiger partial charge in [0.15, 0.2) is 12.3 Å². The Kier molecular flexibility index (Phi) is 5.25. The summed E-state index contributed by atoms with van der Waals surface area (Å²) in [5.41, 5.74) is 0.570. The van der Waals surface area contributed by atoms with Crippen LogP contribution in [0.3, 0.4) is 0 Å². The summed E-state index contributed by atoms with van der Waals surface area (Å²) in [6.45, 7) is 0.962. The maximum atomic E-state index is 12.1. The number of halogens is 1. The van der Waals surface area contributed by atoms with Gasteiger partial charge in [-0.25, -0.2) is 0 Å². The Balaban J connectivity index is 1.93. The Hall–Kier alpha value is -1.98. The zero-order valence-corrected chi connectivity index (χ0v) is 12.7. The molecule has 6 heteroatoms. The summed E-state index contributed by atoms with van der Waals surface area (Å²) < 4.78 is 10.5. The van der Waals surface area contributed by atoms with Crippen molar-refractivity contribution >= 4 is 23.2 Å². The molecule has 0 fully saturated rings. The lowest BCUT2D eigenvalue weighted by Gasteiger charge is -2.14. The summed E-state index contributed by atoms with van der Waals surface area (Å²) in [6.07, 6.45) is 1.62. The number of ether oxygens (including phenoxy) is 1.